The van der Waals surface area contributed by atoms with Crippen molar-refractivity contribution in [3.63, 3.8) is 0 Å². The number of benzene rings is 1. The molecule has 0 saturated carbocycles. The van der Waals surface area contributed by atoms with Crippen LogP contribution in [0.4, 0.5) is 0 Å². The fourth-order valence-corrected chi connectivity index (χ4v) is 3.65. The van der Waals surface area contributed by atoms with Gasteiger partial charge in [-0.2, -0.15) is 0 Å². The molecular weight excluding hydrogens is 394 g/mol. The number of amidine groups is 1. The van der Waals surface area contributed by atoms with Crippen molar-refractivity contribution >= 4 is 6.02 Å². The molecule has 154 valence electrons. The van der Waals surface area contributed by atoms with Gasteiger partial charge < -0.3 is 20.3 Å². The monoisotopic (exact) mass is 413 g/mol. The van der Waals surface area contributed by atoms with Crippen molar-refractivity contribution in [3.8, 4) is 34.6 Å². The minimum absolute atomic E-state index is 0.0974. The fourth-order valence-electron chi connectivity index (χ4n) is 3.65. The number of pyridine rings is 1. The molecule has 3 N–H and O–H groups in total. The first kappa shape index (κ1) is 19.0. The zero-order chi connectivity index (χ0) is 21.6. The van der Waals surface area contributed by atoms with Gasteiger partial charge >= 0.3 is 0 Å². The molecule has 0 amide bonds. The van der Waals surface area contributed by atoms with E-state index in [1.165, 1.54) is 6.33 Å². The molecule has 1 spiro atoms. The molecule has 8 nitrogen and oxygen atoms in total. The van der Waals surface area contributed by atoms with Crippen molar-refractivity contribution in [1.29, 1.82) is 0 Å². The summed E-state index contributed by atoms with van der Waals surface area (Å²) in [6.45, 7) is 3.45. The van der Waals surface area contributed by atoms with Gasteiger partial charge in [-0.25, -0.2) is 19.9 Å². The number of aromatic nitrogens is 3. The van der Waals surface area contributed by atoms with Gasteiger partial charge in [0.2, 0.25) is 5.88 Å². The Balaban J connectivity index is 1.69. The molecule has 2 aliphatic heterocycles. The van der Waals surface area contributed by atoms with E-state index in [9.17, 15) is 5.11 Å². The number of nitrogens with zero attached hydrogens (tertiary/aromatic N) is 4. The number of aliphatic imine (C=N–C) groups is 1. The first-order chi connectivity index (χ1) is 14.8. The van der Waals surface area contributed by atoms with Gasteiger partial charge in [0.15, 0.2) is 5.54 Å². The molecule has 1 unspecified atom stereocenters. The van der Waals surface area contributed by atoms with Crippen LogP contribution in [0.3, 0.4) is 0 Å². The normalized spacial score (nSPS) is 18.7. The van der Waals surface area contributed by atoms with Crippen LogP contribution in [0.1, 0.15) is 30.5 Å². The average Bonchev–Trinajstić information content (AvgIpc) is 3.15. The zero-order valence-electron chi connectivity index (χ0n) is 17.0. The van der Waals surface area contributed by atoms with Crippen molar-refractivity contribution in [2.24, 2.45) is 10.7 Å². The Morgan fingerprint density at radius 2 is 1.90 bits per heavy atom. The lowest BCUT2D eigenvalue weighted by Crippen LogP contribution is -2.31. The van der Waals surface area contributed by atoms with Crippen molar-refractivity contribution in [2.75, 3.05) is 6.61 Å². The molecule has 5 rings (SSSR count). The molecule has 0 saturated heterocycles. The number of hydrogen-bond donors (Lipinski definition) is 2. The first-order valence-electron chi connectivity index (χ1n) is 9.66. The van der Waals surface area contributed by atoms with Gasteiger partial charge in [0.05, 0.1) is 5.56 Å². The third-order valence-corrected chi connectivity index (χ3v) is 5.07. The Kier molecular flexibility index (Phi) is 4.17. The molecule has 0 radical (unpaired) electrons. The SMILES string of the molecule is CC(C)(O)C#Cc1cnc2c(c1)C1(COC(N)=N1)c1cc(-c3cncnc3)ccc1O2. The van der Waals surface area contributed by atoms with Crippen LogP contribution in [-0.4, -0.2) is 38.3 Å². The Morgan fingerprint density at radius 3 is 2.61 bits per heavy atom. The van der Waals surface area contributed by atoms with Crippen LogP contribution in [0.2, 0.25) is 0 Å². The molecule has 3 aromatic rings. The van der Waals surface area contributed by atoms with Crippen LogP contribution in [-0.2, 0) is 10.3 Å². The second-order valence-corrected chi connectivity index (χ2v) is 7.92. The summed E-state index contributed by atoms with van der Waals surface area (Å²) in [5.41, 5.74) is 7.81. The summed E-state index contributed by atoms with van der Waals surface area (Å²) < 4.78 is 11.7. The van der Waals surface area contributed by atoms with Crippen LogP contribution in [0.15, 0.2) is 54.2 Å². The number of aliphatic hydroxyl groups is 1. The van der Waals surface area contributed by atoms with Crippen LogP contribution in [0.25, 0.3) is 11.1 Å². The van der Waals surface area contributed by atoms with Gasteiger partial charge in [-0.15, -0.1) is 0 Å². The van der Waals surface area contributed by atoms with Gasteiger partial charge in [0, 0.05) is 35.3 Å². The smallest absolute Gasteiger partial charge is 0.283 e. The van der Waals surface area contributed by atoms with Crippen LogP contribution in [0.5, 0.6) is 11.6 Å². The zero-order valence-corrected chi connectivity index (χ0v) is 17.0. The summed E-state index contributed by atoms with van der Waals surface area (Å²) in [5.74, 6) is 6.80. The summed E-state index contributed by atoms with van der Waals surface area (Å²) in [6.07, 6.45) is 6.58. The third kappa shape index (κ3) is 3.35. The molecular formula is C23H19N5O3. The van der Waals surface area contributed by atoms with Crippen LogP contribution >= 0.6 is 0 Å². The van der Waals surface area contributed by atoms with E-state index in [2.05, 4.69) is 31.8 Å². The Hall–Kier alpha value is -3.96. The number of nitrogens with two attached hydrogens (primary N) is 1. The second-order valence-electron chi connectivity index (χ2n) is 7.92. The quantitative estimate of drug-likeness (QED) is 0.588. The van der Waals surface area contributed by atoms with E-state index in [1.54, 1.807) is 32.4 Å². The minimum atomic E-state index is -1.12. The van der Waals surface area contributed by atoms with Crippen molar-refractivity contribution in [2.45, 2.75) is 25.0 Å². The number of rotatable bonds is 1. The fraction of sp³-hybridized carbons (Fsp3) is 0.217. The topological polar surface area (TPSA) is 116 Å². The van der Waals surface area contributed by atoms with E-state index >= 15 is 0 Å². The van der Waals surface area contributed by atoms with Gasteiger partial charge in [0.25, 0.3) is 6.02 Å². The molecule has 0 fully saturated rings. The molecule has 31 heavy (non-hydrogen) atoms. The van der Waals surface area contributed by atoms with Crippen LogP contribution in [0, 0.1) is 11.8 Å². The third-order valence-electron chi connectivity index (χ3n) is 5.07. The van der Waals surface area contributed by atoms with Gasteiger partial charge in [-0.3, -0.25) is 0 Å². The predicted octanol–water partition coefficient (Wildman–Crippen LogP) is 2.36. The lowest BCUT2D eigenvalue weighted by Gasteiger charge is -2.33. The maximum absolute atomic E-state index is 9.94. The summed E-state index contributed by atoms with van der Waals surface area (Å²) in [5, 5.41) is 9.94. The number of hydrogen-bond acceptors (Lipinski definition) is 8. The first-order valence-corrected chi connectivity index (χ1v) is 9.66. The van der Waals surface area contributed by atoms with E-state index in [-0.39, 0.29) is 12.6 Å². The van der Waals surface area contributed by atoms with Crippen LogP contribution < -0.4 is 10.5 Å². The van der Waals surface area contributed by atoms with Gasteiger partial charge in [-0.05, 0) is 37.6 Å². The molecule has 2 aromatic heterocycles. The lowest BCUT2D eigenvalue weighted by molar-refractivity contribution is 0.143. The van der Waals surface area contributed by atoms with E-state index in [4.69, 9.17) is 15.2 Å². The highest BCUT2D eigenvalue weighted by molar-refractivity contribution is 5.77. The van der Waals surface area contributed by atoms with Crippen molar-refractivity contribution < 1.29 is 14.6 Å². The summed E-state index contributed by atoms with van der Waals surface area (Å²) >= 11 is 0. The standard InChI is InChI=1S/C23H19N5O3/c1-22(2,29)6-5-14-7-18-20(27-9-14)31-19-4-3-15(16-10-25-13-26-11-16)8-17(19)23(18)12-30-21(24)28-23/h3-4,7-11,13,29H,12H2,1-2H3,(H2,24,28). The summed E-state index contributed by atoms with van der Waals surface area (Å²) in [6, 6.07) is 7.74. The Labute approximate surface area is 178 Å². The highest BCUT2D eigenvalue weighted by Crippen LogP contribution is 2.51. The lowest BCUT2D eigenvalue weighted by atomic mass is 9.81. The maximum atomic E-state index is 9.94. The van der Waals surface area contributed by atoms with Gasteiger partial charge in [0.1, 0.15) is 24.3 Å². The van der Waals surface area contributed by atoms with Crippen molar-refractivity contribution in [3.05, 3.63) is 65.9 Å². The molecule has 8 heteroatoms. The molecule has 1 aromatic carbocycles. The van der Waals surface area contributed by atoms with Crippen molar-refractivity contribution in [1.82, 2.24) is 15.0 Å². The summed E-state index contributed by atoms with van der Waals surface area (Å²) in [7, 11) is 0. The molecule has 1 atom stereocenters. The average molecular weight is 413 g/mol. The van der Waals surface area contributed by atoms with Gasteiger partial charge in [-0.1, -0.05) is 17.9 Å². The molecule has 2 aliphatic rings. The second kappa shape index (κ2) is 6.79. The van der Waals surface area contributed by atoms with E-state index in [0.717, 1.165) is 16.7 Å². The molecule has 0 bridgehead atoms. The molecule has 0 aliphatic carbocycles. The largest absolute Gasteiger partial charge is 0.462 e. The molecule has 4 heterocycles. The predicted molar refractivity (Wildman–Crippen MR) is 113 cm³/mol. The highest BCUT2D eigenvalue weighted by Gasteiger charge is 2.47. The summed E-state index contributed by atoms with van der Waals surface area (Å²) in [4.78, 5) is 17.3. The van der Waals surface area contributed by atoms with E-state index < -0.39 is 11.1 Å². The van der Waals surface area contributed by atoms with E-state index in [0.29, 0.717) is 22.8 Å². The number of ether oxygens (including phenoxy) is 2. The minimum Gasteiger partial charge on any atom is -0.462 e. The maximum Gasteiger partial charge on any atom is 0.283 e. The van der Waals surface area contributed by atoms with E-state index in [1.807, 2.05) is 24.3 Å². The Bertz CT molecular complexity index is 1270. The Morgan fingerprint density at radius 1 is 1.10 bits per heavy atom. The number of fused-ring (bicyclic) bond motifs is 4. The highest BCUT2D eigenvalue weighted by atomic mass is 16.5.